The average molecular weight is 290 g/mol. The van der Waals surface area contributed by atoms with Gasteiger partial charge in [0, 0.05) is 0 Å². The van der Waals surface area contributed by atoms with E-state index in [9.17, 15) is 14.6 Å². The van der Waals surface area contributed by atoms with Crippen LogP contribution < -0.4 is 15.3 Å². The molecule has 0 saturated carbocycles. The van der Waals surface area contributed by atoms with Gasteiger partial charge >= 0.3 is 0 Å². The van der Waals surface area contributed by atoms with Crippen LogP contribution in [0.3, 0.4) is 0 Å². The van der Waals surface area contributed by atoms with Gasteiger partial charge in [-0.1, -0.05) is 23.3 Å². The second-order valence-corrected chi connectivity index (χ2v) is 6.09. The second kappa shape index (κ2) is 9.18. The summed E-state index contributed by atoms with van der Waals surface area (Å²) in [5, 5.41) is 0. The monoisotopic (exact) mass is 290 g/mol. The maximum Gasteiger partial charge on any atom is 0.283 e. The molecule has 0 saturated heterocycles. The van der Waals surface area contributed by atoms with Gasteiger partial charge in [-0.15, -0.1) is 0 Å². The van der Waals surface area contributed by atoms with Crippen molar-refractivity contribution in [3.05, 3.63) is 23.3 Å². The number of hydroxylamine groups is 1. The molecular weight excluding hydrogens is 269 g/mol. The van der Waals surface area contributed by atoms with Crippen molar-refractivity contribution in [2.75, 3.05) is 12.8 Å². The molecule has 0 unspecified atom stereocenters. The number of nitrogens with one attached hydrogen (secondary N) is 1. The summed E-state index contributed by atoms with van der Waals surface area (Å²) in [6.07, 6.45) is 4.80. The van der Waals surface area contributed by atoms with Gasteiger partial charge in [0.1, 0.15) is 0 Å². The Morgan fingerprint density at radius 2 is 1.95 bits per heavy atom. The quantitative estimate of drug-likeness (QED) is 0.287. The molecule has 0 atom stereocenters. The van der Waals surface area contributed by atoms with Crippen molar-refractivity contribution in [3.8, 4) is 0 Å². The summed E-state index contributed by atoms with van der Waals surface area (Å²) in [6, 6.07) is 0. The smallest absolute Gasteiger partial charge is 0.283 e. The highest BCUT2D eigenvalue weighted by molar-refractivity contribution is 7.56. The third-order valence-electron chi connectivity index (χ3n) is 2.14. The Balaban J connectivity index is 3.78. The summed E-state index contributed by atoms with van der Waals surface area (Å²) < 4.78 is 0. The van der Waals surface area contributed by atoms with E-state index in [1.807, 2.05) is 26.3 Å². The zero-order valence-electron chi connectivity index (χ0n) is 11.5. The molecule has 0 aliphatic heterocycles. The van der Waals surface area contributed by atoms with Crippen molar-refractivity contribution >= 4 is 13.9 Å². The fourth-order valence-corrected chi connectivity index (χ4v) is 1.64. The van der Waals surface area contributed by atoms with E-state index in [-0.39, 0.29) is 6.61 Å². The van der Waals surface area contributed by atoms with Crippen molar-refractivity contribution in [1.29, 1.82) is 0 Å². The third kappa shape index (κ3) is 13.5. The van der Waals surface area contributed by atoms with Crippen molar-refractivity contribution in [2.24, 2.45) is 0 Å². The molecule has 0 radical (unpaired) electrons. The number of hydrogen-bond acceptors (Lipinski definition) is 5. The van der Waals surface area contributed by atoms with Gasteiger partial charge < -0.3 is 9.79 Å². The van der Waals surface area contributed by atoms with Crippen LogP contribution in [0.2, 0.25) is 0 Å². The number of hydrogen-bond donors (Lipinski definition) is 2. The highest BCUT2D eigenvalue weighted by Crippen LogP contribution is 2.32. The minimum atomic E-state index is -4.58. The van der Waals surface area contributed by atoms with Gasteiger partial charge in [-0.2, -0.15) is 0 Å². The number of allylic oxidation sites excluding steroid dienone is 3. The van der Waals surface area contributed by atoms with Gasteiger partial charge in [0.25, 0.3) is 5.91 Å². The second-order valence-electron chi connectivity index (χ2n) is 4.50. The molecular formula is C12H21NO5P-. The van der Waals surface area contributed by atoms with Gasteiger partial charge in [0.15, 0.2) is 6.16 Å². The summed E-state index contributed by atoms with van der Waals surface area (Å²) in [6.45, 7) is 6.17. The molecule has 0 aromatic carbocycles. The Labute approximate surface area is 114 Å². The van der Waals surface area contributed by atoms with Crippen LogP contribution in [0, 0.1) is 0 Å². The molecule has 7 heteroatoms. The zero-order chi connectivity index (χ0) is 14.9. The summed E-state index contributed by atoms with van der Waals surface area (Å²) >= 11 is 0. The lowest BCUT2D eigenvalue weighted by Gasteiger charge is -2.26. The number of carbonyl (C=O) groups is 1. The zero-order valence-corrected chi connectivity index (χ0v) is 12.4. The summed E-state index contributed by atoms with van der Waals surface area (Å²) in [7, 11) is -4.58. The molecule has 0 heterocycles. The first kappa shape index (κ1) is 18.2. The first-order chi connectivity index (χ1) is 8.70. The largest absolute Gasteiger partial charge is 0.659 e. The molecule has 0 bridgehead atoms. The van der Waals surface area contributed by atoms with E-state index in [2.05, 4.69) is 6.08 Å². The summed E-state index contributed by atoms with van der Waals surface area (Å²) in [5.41, 5.74) is 4.32. The van der Waals surface area contributed by atoms with E-state index in [4.69, 9.17) is 9.73 Å². The lowest BCUT2D eigenvalue weighted by atomic mass is 10.1. The lowest BCUT2D eigenvalue weighted by Crippen LogP contribution is -2.34. The lowest BCUT2D eigenvalue weighted by molar-refractivity contribution is -0.330. The van der Waals surface area contributed by atoms with Gasteiger partial charge in [-0.3, -0.25) is 14.5 Å². The maximum atomic E-state index is 11.0. The standard InChI is InChI=1S/C12H22NO5P/c1-10(2)5-4-6-11(3)7-8-18-13-12(14)9-19(15,16)17/h5,7H,4,6,8-9H2,1-3H3,(H,13,14)(H2,15,16,17)/p-1/b11-7+. The molecule has 1 amide bonds. The molecule has 0 aliphatic carbocycles. The topological polar surface area (TPSA) is 105 Å². The molecule has 19 heavy (non-hydrogen) atoms. The van der Waals surface area contributed by atoms with E-state index >= 15 is 0 Å². The summed E-state index contributed by atoms with van der Waals surface area (Å²) in [5.74, 6) is -0.892. The molecule has 2 N–H and O–H groups in total. The van der Waals surface area contributed by atoms with Gasteiger partial charge in [-0.05, 0) is 33.6 Å². The minimum absolute atomic E-state index is 0.154. The van der Waals surface area contributed by atoms with E-state index in [1.54, 1.807) is 6.08 Å². The maximum absolute atomic E-state index is 11.0. The fraction of sp³-hybridized carbons (Fsp3) is 0.583. The molecule has 0 fully saturated rings. The van der Waals surface area contributed by atoms with Gasteiger partial charge in [0.2, 0.25) is 0 Å². The summed E-state index contributed by atoms with van der Waals surface area (Å²) in [4.78, 5) is 45.0. The predicted octanol–water partition coefficient (Wildman–Crippen LogP) is 0.202. The van der Waals surface area contributed by atoms with Gasteiger partial charge in [0.05, 0.1) is 14.6 Å². The van der Waals surface area contributed by atoms with Crippen molar-refractivity contribution < 1.29 is 24.3 Å². The van der Waals surface area contributed by atoms with Crippen LogP contribution in [0.1, 0.15) is 33.6 Å². The number of amides is 1. The van der Waals surface area contributed by atoms with E-state index in [1.165, 1.54) is 5.57 Å². The predicted molar refractivity (Wildman–Crippen MR) is 70.5 cm³/mol. The Morgan fingerprint density at radius 1 is 1.32 bits per heavy atom. The van der Waals surface area contributed by atoms with Crippen LogP contribution in [-0.2, 0) is 9.63 Å². The molecule has 0 aromatic heterocycles. The molecule has 0 spiro atoms. The van der Waals surface area contributed by atoms with Crippen molar-refractivity contribution in [3.63, 3.8) is 0 Å². The van der Waals surface area contributed by atoms with E-state index in [0.29, 0.717) is 0 Å². The van der Waals surface area contributed by atoms with Crippen LogP contribution in [-0.4, -0.2) is 23.6 Å². The van der Waals surface area contributed by atoms with Crippen molar-refractivity contribution in [1.82, 2.24) is 5.48 Å². The average Bonchev–Trinajstić information content (AvgIpc) is 2.21. The minimum Gasteiger partial charge on any atom is -0.659 e. The third-order valence-corrected chi connectivity index (χ3v) is 2.82. The van der Waals surface area contributed by atoms with Crippen LogP contribution in [0.25, 0.3) is 0 Å². The van der Waals surface area contributed by atoms with Crippen LogP contribution >= 0.6 is 7.94 Å². The van der Waals surface area contributed by atoms with Crippen LogP contribution in [0.5, 0.6) is 0 Å². The highest BCUT2D eigenvalue weighted by Gasteiger charge is 2.14. The number of rotatable bonds is 8. The Bertz CT molecular complexity index is 343. The van der Waals surface area contributed by atoms with Crippen LogP contribution in [0.15, 0.2) is 23.3 Å². The fourth-order valence-electron chi connectivity index (χ4n) is 1.21. The number of carbonyl (C=O) groups excluding carboxylic acids is 1. The van der Waals surface area contributed by atoms with Gasteiger partial charge in [-0.25, -0.2) is 5.48 Å². The highest BCUT2D eigenvalue weighted by atomic mass is 31.2. The Hall–Kier alpha value is -0.780. The molecule has 0 aromatic rings. The first-order valence-electron chi connectivity index (χ1n) is 5.93. The molecule has 110 valence electrons. The van der Waals surface area contributed by atoms with E-state index in [0.717, 1.165) is 18.4 Å². The Kier molecular flexibility index (Phi) is 8.80. The molecule has 0 aliphatic rings. The normalized spacial score (nSPS) is 12.2. The SMILES string of the molecule is CC(C)=CCC/C(C)=C/CONC(=O)C[P+]([O-])([O-])O. The molecule has 6 nitrogen and oxygen atoms in total. The molecule has 0 rings (SSSR count). The Morgan fingerprint density at radius 3 is 2.47 bits per heavy atom. The first-order valence-corrected chi connectivity index (χ1v) is 7.69. The van der Waals surface area contributed by atoms with Crippen LogP contribution in [0.4, 0.5) is 0 Å². The van der Waals surface area contributed by atoms with Crippen molar-refractivity contribution in [2.45, 2.75) is 33.6 Å². The van der Waals surface area contributed by atoms with E-state index < -0.39 is 20.0 Å².